The van der Waals surface area contributed by atoms with Crippen LogP contribution in [0.15, 0.2) is 97.1 Å². The fourth-order valence-corrected chi connectivity index (χ4v) is 11.4. The van der Waals surface area contributed by atoms with Gasteiger partial charge in [0.15, 0.2) is 5.75 Å². The van der Waals surface area contributed by atoms with E-state index in [1.54, 1.807) is 48.5 Å². The molecule has 3 aliphatic rings. The van der Waals surface area contributed by atoms with Gasteiger partial charge in [-0.2, -0.15) is 0 Å². The van der Waals surface area contributed by atoms with Crippen molar-refractivity contribution in [2.75, 3.05) is 53.1 Å². The van der Waals surface area contributed by atoms with Crippen LogP contribution in [0.25, 0.3) is 33.7 Å². The standard InChI is InChI=1S/C51H50Cl2N5O18P3/c52-26-32-28-57(38-24-40(74-77(65,66)67)34-8-3-5-10-36(34)48(32)38)46(63)17-15-30-13-14-31(16-18-47(64)58-29-33(27-53)49-37-11-6-4-9-35(37)41(25-39(49)58)75-78(68,69)70)51(76-79(71,72)73)50(30)55-43(60)21-22-54-42(59)12-2-1-7-23-56-44(61)19-20-45(56)62/h3-6,8-11,13-20,24-25,32-33H,1-2,7,12,21-23,26-29H2,(H,54,59)(H,55,60)(H2,65,66,67)(H2,68,69,70)(H2,71,72,73)/b17-15+,18-16+/t32-,33-/m1/s1. The maximum Gasteiger partial charge on any atom is 0.524 e. The van der Waals surface area contributed by atoms with Crippen molar-refractivity contribution in [3.05, 3.63) is 119 Å². The average molecular weight is 1180 g/mol. The van der Waals surface area contributed by atoms with E-state index in [1.165, 1.54) is 52.3 Å². The number of nitrogens with zero attached hydrogens (tertiary/aromatic N) is 3. The molecule has 8 rings (SSSR count). The number of imide groups is 1. The number of nitrogens with one attached hydrogen (secondary N) is 2. The summed E-state index contributed by atoms with van der Waals surface area (Å²) in [6.07, 6.45) is 7.80. The monoisotopic (exact) mass is 1180 g/mol. The van der Waals surface area contributed by atoms with Gasteiger partial charge in [0.25, 0.3) is 23.6 Å². The van der Waals surface area contributed by atoms with Crippen LogP contribution in [0.5, 0.6) is 17.2 Å². The third-order valence-corrected chi connectivity index (χ3v) is 15.0. The molecule has 5 aromatic carbocycles. The van der Waals surface area contributed by atoms with E-state index in [-0.39, 0.29) is 78.4 Å². The number of phosphoric acid groups is 3. The van der Waals surface area contributed by atoms with Crippen LogP contribution in [0, 0.1) is 0 Å². The van der Waals surface area contributed by atoms with Gasteiger partial charge in [-0.05, 0) is 46.9 Å². The van der Waals surface area contributed by atoms with Crippen LogP contribution >= 0.6 is 46.7 Å². The van der Waals surface area contributed by atoms with Crippen molar-refractivity contribution in [3.63, 3.8) is 0 Å². The van der Waals surface area contributed by atoms with Gasteiger partial charge in [-0.1, -0.05) is 67.1 Å². The molecule has 0 radical (unpaired) electrons. The molecule has 6 amide bonds. The average Bonchev–Trinajstić information content (AvgIpc) is 4.28. The first-order valence-electron chi connectivity index (χ1n) is 24.2. The van der Waals surface area contributed by atoms with E-state index in [1.807, 2.05) is 0 Å². The van der Waals surface area contributed by atoms with E-state index in [9.17, 15) is 71.8 Å². The number of benzene rings is 5. The van der Waals surface area contributed by atoms with Crippen molar-refractivity contribution in [1.82, 2.24) is 10.2 Å². The summed E-state index contributed by atoms with van der Waals surface area (Å²) in [7, 11) is -15.7. The lowest BCUT2D eigenvalue weighted by atomic mass is 9.95. The van der Waals surface area contributed by atoms with E-state index in [2.05, 4.69) is 10.6 Å². The number of carbonyl (C=O) groups is 6. The maximum absolute atomic E-state index is 14.3. The number of alkyl halides is 2. The van der Waals surface area contributed by atoms with Crippen molar-refractivity contribution in [2.24, 2.45) is 0 Å². The minimum Gasteiger partial charge on any atom is -0.404 e. The molecule has 0 aromatic heterocycles. The Morgan fingerprint density at radius 1 is 0.608 bits per heavy atom. The molecule has 0 aliphatic carbocycles. The molecule has 28 heteroatoms. The number of hydrogen-bond acceptors (Lipinski definition) is 12. The van der Waals surface area contributed by atoms with Gasteiger partial charge in [0, 0.05) is 121 Å². The van der Waals surface area contributed by atoms with Crippen LogP contribution in [0.3, 0.4) is 0 Å². The van der Waals surface area contributed by atoms with Crippen molar-refractivity contribution in [3.8, 4) is 17.2 Å². The molecular weight excluding hydrogens is 1130 g/mol. The van der Waals surface area contributed by atoms with Crippen LogP contribution in [0.1, 0.15) is 66.2 Å². The highest BCUT2D eigenvalue weighted by molar-refractivity contribution is 7.47. The molecule has 0 saturated heterocycles. The number of fused-ring (bicyclic) bond motifs is 6. The Hall–Kier alpha value is -6.71. The van der Waals surface area contributed by atoms with E-state index in [0.29, 0.717) is 51.9 Å². The van der Waals surface area contributed by atoms with Gasteiger partial charge < -0.3 is 34.0 Å². The molecule has 416 valence electrons. The predicted molar refractivity (Wildman–Crippen MR) is 293 cm³/mol. The Kier molecular flexibility index (Phi) is 18.0. The SMILES string of the molecule is O=C(CCCCCN1C(=O)C=CC1=O)NCCC(=O)Nc1c(/C=C/C(=O)N2C[C@@H](CCl)c3c2cc(OP(=O)(O)O)c2ccccc32)ccc(/C=C/C(=O)N2C[C@@H](CCl)c3c2cc(OP(=O)(O)O)c2ccccc32)c1OP(=O)(O)O. The topological polar surface area (TPSA) is 336 Å². The Bertz CT molecular complexity index is 3520. The van der Waals surface area contributed by atoms with Gasteiger partial charge in [0.05, 0.1) is 17.1 Å². The normalized spacial score (nSPS) is 16.4. The van der Waals surface area contributed by atoms with Crippen molar-refractivity contribution < 1.29 is 85.4 Å². The van der Waals surface area contributed by atoms with Gasteiger partial charge in [0.2, 0.25) is 11.8 Å². The van der Waals surface area contributed by atoms with E-state index >= 15 is 0 Å². The lowest BCUT2D eigenvalue weighted by molar-refractivity contribution is -0.137. The molecule has 0 saturated carbocycles. The summed E-state index contributed by atoms with van der Waals surface area (Å²) in [5, 5.41) is 6.90. The van der Waals surface area contributed by atoms with E-state index in [0.717, 1.165) is 23.1 Å². The second kappa shape index (κ2) is 24.3. The van der Waals surface area contributed by atoms with Crippen LogP contribution in [0.4, 0.5) is 17.1 Å². The molecule has 0 fully saturated rings. The zero-order chi connectivity index (χ0) is 57.0. The summed E-state index contributed by atoms with van der Waals surface area (Å²) in [5.74, 6) is -5.48. The lowest BCUT2D eigenvalue weighted by Crippen LogP contribution is -2.31. The minimum atomic E-state index is -5.53. The van der Waals surface area contributed by atoms with Crippen molar-refractivity contribution >= 4 is 133 Å². The van der Waals surface area contributed by atoms with Crippen molar-refractivity contribution in [2.45, 2.75) is 43.9 Å². The van der Waals surface area contributed by atoms with Gasteiger partial charge in [-0.15, -0.1) is 23.2 Å². The van der Waals surface area contributed by atoms with E-state index in [4.69, 9.17) is 36.8 Å². The number of amides is 6. The second-order valence-electron chi connectivity index (χ2n) is 18.3. The number of halogens is 2. The van der Waals surface area contributed by atoms with Crippen LogP contribution in [-0.4, -0.2) is 108 Å². The molecule has 0 unspecified atom stereocenters. The molecule has 5 aromatic rings. The first-order valence-corrected chi connectivity index (χ1v) is 29.8. The van der Waals surface area contributed by atoms with Crippen molar-refractivity contribution in [1.29, 1.82) is 0 Å². The van der Waals surface area contributed by atoms with Gasteiger partial charge in [-0.3, -0.25) is 63.0 Å². The molecule has 3 heterocycles. The third kappa shape index (κ3) is 14.0. The minimum absolute atomic E-state index is 0.00467. The number of rotatable bonds is 22. The number of phosphoric ester groups is 3. The molecule has 0 bridgehead atoms. The largest absolute Gasteiger partial charge is 0.524 e. The third-order valence-electron chi connectivity index (χ3n) is 13.0. The summed E-state index contributed by atoms with van der Waals surface area (Å²) < 4.78 is 52.1. The Labute approximate surface area is 460 Å². The molecular formula is C51H50Cl2N5O18P3. The predicted octanol–water partition coefficient (Wildman–Crippen LogP) is 7.10. The summed E-state index contributed by atoms with van der Waals surface area (Å²) in [6, 6.07) is 18.4. The fraction of sp³-hybridized carbons (Fsp3) is 0.255. The lowest BCUT2D eigenvalue weighted by Gasteiger charge is -2.20. The van der Waals surface area contributed by atoms with Gasteiger partial charge in [-0.25, -0.2) is 13.7 Å². The fourth-order valence-electron chi connectivity index (χ4n) is 9.62. The summed E-state index contributed by atoms with van der Waals surface area (Å²) in [4.78, 5) is 142. The maximum atomic E-state index is 14.3. The number of unbranched alkanes of at least 4 members (excludes halogenated alkanes) is 2. The highest BCUT2D eigenvalue weighted by atomic mass is 35.5. The molecule has 8 N–H and O–H groups in total. The number of anilines is 3. The van der Waals surface area contributed by atoms with Gasteiger partial charge >= 0.3 is 23.5 Å². The molecule has 79 heavy (non-hydrogen) atoms. The van der Waals surface area contributed by atoms with E-state index < -0.39 is 88.6 Å². The molecule has 0 spiro atoms. The summed E-state index contributed by atoms with van der Waals surface area (Å²) in [6.45, 7) is -0.0239. The zero-order valence-electron chi connectivity index (χ0n) is 41.3. The van der Waals surface area contributed by atoms with Crippen LogP contribution < -0.4 is 34.0 Å². The highest BCUT2D eigenvalue weighted by Crippen LogP contribution is 2.51. The zero-order valence-corrected chi connectivity index (χ0v) is 45.5. The first kappa shape index (κ1) is 58.4. The van der Waals surface area contributed by atoms with Crippen LogP contribution in [-0.2, 0) is 42.5 Å². The summed E-state index contributed by atoms with van der Waals surface area (Å²) in [5.41, 5.74) is 0.971. The quantitative estimate of drug-likeness (QED) is 0.0113. The number of carbonyl (C=O) groups excluding carboxylic acids is 6. The van der Waals surface area contributed by atoms with Crippen LogP contribution in [0.2, 0.25) is 0 Å². The molecule has 23 nitrogen and oxygen atoms in total. The smallest absolute Gasteiger partial charge is 0.404 e. The summed E-state index contributed by atoms with van der Waals surface area (Å²) >= 11 is 12.8. The van der Waals surface area contributed by atoms with Gasteiger partial charge in [0.1, 0.15) is 11.5 Å². The second-order valence-corrected chi connectivity index (χ2v) is 22.4. The first-order chi connectivity index (χ1) is 37.4. The Morgan fingerprint density at radius 2 is 1.08 bits per heavy atom. The molecule has 3 aliphatic heterocycles. The number of hydrogen-bond donors (Lipinski definition) is 8. The highest BCUT2D eigenvalue weighted by Gasteiger charge is 2.37. The Morgan fingerprint density at radius 3 is 1.56 bits per heavy atom. The Balaban J connectivity index is 1.10. The molecule has 2 atom stereocenters.